The first-order valence-electron chi connectivity index (χ1n) is 6.95. The first-order valence-corrected chi connectivity index (χ1v) is 6.95. The largest absolute Gasteiger partial charge is 0.481 e. The van der Waals surface area contributed by atoms with E-state index in [1.165, 1.54) is 0 Å². The van der Waals surface area contributed by atoms with Crippen LogP contribution in [0.2, 0.25) is 0 Å². The molecular weight excluding hydrogens is 298 g/mol. The van der Waals surface area contributed by atoms with Crippen LogP contribution >= 0.6 is 0 Å². The Morgan fingerprint density at radius 3 is 2.57 bits per heavy atom. The fourth-order valence-electron chi connectivity index (χ4n) is 2.72. The van der Waals surface area contributed by atoms with Gasteiger partial charge < -0.3 is 9.52 Å². The summed E-state index contributed by atoms with van der Waals surface area (Å²) >= 11 is 0. The minimum atomic E-state index is -0.956. The fourth-order valence-corrected chi connectivity index (χ4v) is 2.72. The third-order valence-electron chi connectivity index (χ3n) is 3.60. The van der Waals surface area contributed by atoms with Crippen LogP contribution in [0.5, 0.6) is 0 Å². The van der Waals surface area contributed by atoms with Gasteiger partial charge in [-0.2, -0.15) is 0 Å². The number of rotatable bonds is 4. The number of nitro groups is 1. The van der Waals surface area contributed by atoms with Crippen molar-refractivity contribution >= 4 is 22.8 Å². The van der Waals surface area contributed by atoms with E-state index in [1.54, 1.807) is 43.3 Å². The molecule has 0 bridgehead atoms. The molecule has 0 aliphatic heterocycles. The lowest BCUT2D eigenvalue weighted by atomic mass is 9.99. The van der Waals surface area contributed by atoms with Gasteiger partial charge in [0.05, 0.1) is 6.42 Å². The topological polar surface area (TPSA) is 93.6 Å². The van der Waals surface area contributed by atoms with Crippen molar-refractivity contribution in [3.8, 4) is 11.1 Å². The summed E-state index contributed by atoms with van der Waals surface area (Å²) in [6.07, 6.45) is -0.149. The second kappa shape index (κ2) is 5.57. The van der Waals surface area contributed by atoms with Crippen molar-refractivity contribution in [1.29, 1.82) is 0 Å². The van der Waals surface area contributed by atoms with Gasteiger partial charge in [-0.25, -0.2) is 0 Å². The molecule has 0 saturated heterocycles. The highest BCUT2D eigenvalue weighted by Gasteiger charge is 2.26. The first kappa shape index (κ1) is 14.8. The molecule has 0 spiro atoms. The Labute approximate surface area is 131 Å². The Bertz CT molecular complexity index is 912. The van der Waals surface area contributed by atoms with Crippen molar-refractivity contribution in [2.75, 3.05) is 0 Å². The van der Waals surface area contributed by atoms with Gasteiger partial charge in [-0.15, -0.1) is 0 Å². The van der Waals surface area contributed by atoms with Gasteiger partial charge in [0.25, 0.3) is 0 Å². The number of hydrogen-bond donors (Lipinski definition) is 1. The minimum Gasteiger partial charge on any atom is -0.481 e. The van der Waals surface area contributed by atoms with E-state index in [9.17, 15) is 14.9 Å². The lowest BCUT2D eigenvalue weighted by Crippen LogP contribution is -2.00. The average Bonchev–Trinajstić information content (AvgIpc) is 2.87. The first-order chi connectivity index (χ1) is 11.0. The quantitative estimate of drug-likeness (QED) is 0.581. The van der Waals surface area contributed by atoms with E-state index in [4.69, 9.17) is 9.52 Å². The Kier molecular flexibility index (Phi) is 3.57. The third kappa shape index (κ3) is 2.66. The minimum absolute atomic E-state index is 0.149. The monoisotopic (exact) mass is 311 g/mol. The predicted octanol–water partition coefficient (Wildman–Crippen LogP) is 3.94. The van der Waals surface area contributed by atoms with Crippen LogP contribution in [0.1, 0.15) is 11.1 Å². The van der Waals surface area contributed by atoms with Gasteiger partial charge in [-0.3, -0.25) is 14.9 Å². The maximum Gasteiger partial charge on any atom is 0.442 e. The maximum absolute atomic E-state index is 11.4. The molecule has 1 aromatic heterocycles. The molecule has 6 nitrogen and oxygen atoms in total. The van der Waals surface area contributed by atoms with Crippen LogP contribution in [-0.2, 0) is 11.2 Å². The third-order valence-corrected chi connectivity index (χ3v) is 3.60. The lowest BCUT2D eigenvalue weighted by Gasteiger charge is -2.02. The molecule has 23 heavy (non-hydrogen) atoms. The molecule has 1 heterocycles. The number of fused-ring (bicyclic) bond motifs is 1. The van der Waals surface area contributed by atoms with Gasteiger partial charge in [-0.05, 0) is 29.7 Å². The van der Waals surface area contributed by atoms with Crippen molar-refractivity contribution in [3.63, 3.8) is 0 Å². The van der Waals surface area contributed by atoms with Gasteiger partial charge in [0.15, 0.2) is 0 Å². The molecule has 116 valence electrons. The molecule has 0 atom stereocenters. The average molecular weight is 311 g/mol. The number of aryl methyl sites for hydroxylation is 1. The van der Waals surface area contributed by atoms with E-state index >= 15 is 0 Å². The van der Waals surface area contributed by atoms with Crippen LogP contribution in [0.3, 0.4) is 0 Å². The van der Waals surface area contributed by atoms with Crippen LogP contribution in [0.4, 0.5) is 5.88 Å². The molecule has 0 amide bonds. The molecule has 0 aliphatic carbocycles. The van der Waals surface area contributed by atoms with Crippen molar-refractivity contribution in [2.45, 2.75) is 13.3 Å². The number of benzene rings is 2. The number of furan rings is 1. The molecule has 0 saturated carbocycles. The van der Waals surface area contributed by atoms with Crippen LogP contribution in [0.25, 0.3) is 22.1 Å². The van der Waals surface area contributed by atoms with Crippen molar-refractivity contribution in [2.24, 2.45) is 0 Å². The Morgan fingerprint density at radius 1 is 1.26 bits per heavy atom. The highest BCUT2D eigenvalue weighted by molar-refractivity contribution is 6.00. The summed E-state index contributed by atoms with van der Waals surface area (Å²) in [6, 6.07) is 12.2. The molecule has 2 aromatic carbocycles. The van der Waals surface area contributed by atoms with Crippen LogP contribution in [-0.4, -0.2) is 16.0 Å². The smallest absolute Gasteiger partial charge is 0.442 e. The van der Waals surface area contributed by atoms with E-state index in [0.717, 1.165) is 0 Å². The summed E-state index contributed by atoms with van der Waals surface area (Å²) in [4.78, 5) is 21.8. The molecule has 0 radical (unpaired) electrons. The zero-order valence-electron chi connectivity index (χ0n) is 12.3. The van der Waals surface area contributed by atoms with E-state index in [0.29, 0.717) is 33.2 Å². The maximum atomic E-state index is 11.4. The summed E-state index contributed by atoms with van der Waals surface area (Å²) < 4.78 is 5.46. The summed E-state index contributed by atoms with van der Waals surface area (Å²) in [6.45, 7) is 1.75. The van der Waals surface area contributed by atoms with Gasteiger partial charge in [0, 0.05) is 5.39 Å². The zero-order valence-corrected chi connectivity index (χ0v) is 12.3. The van der Waals surface area contributed by atoms with Gasteiger partial charge in [-0.1, -0.05) is 36.4 Å². The van der Waals surface area contributed by atoms with E-state index in [-0.39, 0.29) is 12.3 Å². The second-order valence-electron chi connectivity index (χ2n) is 5.27. The van der Waals surface area contributed by atoms with Crippen LogP contribution in [0, 0.1) is 17.0 Å². The highest BCUT2D eigenvalue weighted by atomic mass is 16.6. The molecule has 3 aromatic rings. The number of carbonyl (C=O) groups is 1. The number of carboxylic acids is 1. The molecule has 0 unspecified atom stereocenters. The second-order valence-corrected chi connectivity index (χ2v) is 5.27. The Morgan fingerprint density at radius 2 is 1.96 bits per heavy atom. The lowest BCUT2D eigenvalue weighted by molar-refractivity contribution is -0.400. The highest BCUT2D eigenvalue weighted by Crippen LogP contribution is 2.41. The molecule has 1 N–H and O–H groups in total. The van der Waals surface area contributed by atoms with Crippen molar-refractivity contribution < 1.29 is 19.2 Å². The standard InChI is InChI=1S/C17H13NO5/c1-10-7-11(9-14(19)20)8-13-15(12-5-3-2-4-6-12)17(18(21)22)23-16(10)13/h2-8H,9H2,1H3,(H,19,20). The number of nitrogens with zero attached hydrogens (tertiary/aromatic N) is 1. The SMILES string of the molecule is Cc1cc(CC(=O)O)cc2c(-c3ccccc3)c([N+](=O)[O-])oc12. The van der Waals surface area contributed by atoms with E-state index in [1.807, 2.05) is 6.07 Å². The summed E-state index contributed by atoms with van der Waals surface area (Å²) in [5, 5.41) is 20.9. The van der Waals surface area contributed by atoms with Crippen molar-refractivity contribution in [3.05, 3.63) is 63.7 Å². The zero-order chi connectivity index (χ0) is 16.6. The van der Waals surface area contributed by atoms with E-state index in [2.05, 4.69) is 0 Å². The Hall–Kier alpha value is -3.15. The summed E-state index contributed by atoms with van der Waals surface area (Å²) in [7, 11) is 0. The summed E-state index contributed by atoms with van der Waals surface area (Å²) in [5.74, 6) is -1.29. The van der Waals surface area contributed by atoms with E-state index < -0.39 is 10.9 Å². The summed E-state index contributed by atoms with van der Waals surface area (Å²) in [5.41, 5.74) is 2.69. The van der Waals surface area contributed by atoms with Gasteiger partial charge in [0.1, 0.15) is 16.1 Å². The van der Waals surface area contributed by atoms with Gasteiger partial charge in [0.2, 0.25) is 0 Å². The van der Waals surface area contributed by atoms with Crippen LogP contribution in [0.15, 0.2) is 46.9 Å². The van der Waals surface area contributed by atoms with Gasteiger partial charge >= 0.3 is 11.9 Å². The molecule has 6 heteroatoms. The fraction of sp³-hybridized carbons (Fsp3) is 0.118. The molecule has 0 aliphatic rings. The number of carboxylic acid groups (broad SMARTS) is 1. The van der Waals surface area contributed by atoms with Crippen LogP contribution < -0.4 is 0 Å². The Balaban J connectivity index is 2.34. The molecule has 0 fully saturated rings. The molecule has 3 rings (SSSR count). The normalized spacial score (nSPS) is 10.8. The number of aliphatic carboxylic acids is 1. The molecular formula is C17H13NO5. The number of hydrogen-bond acceptors (Lipinski definition) is 4. The van der Waals surface area contributed by atoms with Crippen molar-refractivity contribution in [1.82, 2.24) is 0 Å². The predicted molar refractivity (Wildman–Crippen MR) is 84.4 cm³/mol.